The summed E-state index contributed by atoms with van der Waals surface area (Å²) in [6.45, 7) is 0.597. The Bertz CT molecular complexity index is 1070. The van der Waals surface area contributed by atoms with Gasteiger partial charge in [0.25, 0.3) is 5.91 Å². The Balaban J connectivity index is 1.40. The molecule has 0 aromatic heterocycles. The molecule has 0 spiro atoms. The topological polar surface area (TPSA) is 92.4 Å². The van der Waals surface area contributed by atoms with Crippen LogP contribution in [0.2, 0.25) is 0 Å². The number of aliphatic carboxylic acids is 1. The van der Waals surface area contributed by atoms with Crippen molar-refractivity contribution in [3.8, 4) is 11.1 Å². The van der Waals surface area contributed by atoms with Crippen molar-refractivity contribution in [3.63, 3.8) is 0 Å². The largest absolute Gasteiger partial charge is 0.480 e. The number of carboxylic acid groups (broad SMARTS) is 1. The van der Waals surface area contributed by atoms with Crippen LogP contribution in [0.25, 0.3) is 11.1 Å². The molecule has 33 heavy (non-hydrogen) atoms. The molecule has 2 unspecified atom stereocenters. The van der Waals surface area contributed by atoms with Crippen LogP contribution in [0.15, 0.2) is 78.9 Å². The zero-order valence-electron chi connectivity index (χ0n) is 18.6. The molecule has 0 bridgehead atoms. The van der Waals surface area contributed by atoms with E-state index in [4.69, 9.17) is 10.8 Å². The molecule has 5 nitrogen and oxygen atoms in total. The fraction of sp³-hybridized carbons (Fsp3) is 0.286. The lowest BCUT2D eigenvalue weighted by atomic mass is 9.73. The highest BCUT2D eigenvalue weighted by Crippen LogP contribution is 2.39. The maximum absolute atomic E-state index is 12.8. The Labute approximate surface area is 194 Å². The second-order valence-electron chi connectivity index (χ2n) is 8.84. The summed E-state index contributed by atoms with van der Waals surface area (Å²) in [6.07, 6.45) is 3.87. The quantitative estimate of drug-likeness (QED) is 0.451. The van der Waals surface area contributed by atoms with Gasteiger partial charge < -0.3 is 16.2 Å². The Kier molecular flexibility index (Phi) is 7.20. The molecule has 4 N–H and O–H groups in total. The number of rotatable bonds is 9. The molecule has 5 heteroatoms. The molecule has 0 heterocycles. The first-order valence-electron chi connectivity index (χ1n) is 11.5. The molecule has 1 aliphatic carbocycles. The first kappa shape index (κ1) is 22.7. The molecule has 3 aromatic carbocycles. The second-order valence-corrected chi connectivity index (χ2v) is 8.84. The molecule has 0 aliphatic heterocycles. The number of benzene rings is 3. The minimum absolute atomic E-state index is 0.116. The smallest absolute Gasteiger partial charge is 0.320 e. The van der Waals surface area contributed by atoms with Gasteiger partial charge in [-0.25, -0.2) is 0 Å². The normalized spacial score (nSPS) is 15.3. The summed E-state index contributed by atoms with van der Waals surface area (Å²) in [5.74, 6) is -0.266. The molecule has 0 radical (unpaired) electrons. The molecule has 1 fully saturated rings. The van der Waals surface area contributed by atoms with Gasteiger partial charge in [-0.15, -0.1) is 0 Å². The van der Waals surface area contributed by atoms with Crippen LogP contribution < -0.4 is 11.1 Å². The van der Waals surface area contributed by atoms with Crippen molar-refractivity contribution >= 4 is 11.9 Å². The van der Waals surface area contributed by atoms with Gasteiger partial charge in [0.05, 0.1) is 0 Å². The monoisotopic (exact) mass is 442 g/mol. The van der Waals surface area contributed by atoms with Gasteiger partial charge in [0.1, 0.15) is 6.04 Å². The Hall–Kier alpha value is -3.44. The first-order chi connectivity index (χ1) is 16.0. The summed E-state index contributed by atoms with van der Waals surface area (Å²) in [5, 5.41) is 12.1. The van der Waals surface area contributed by atoms with Crippen LogP contribution in [0.3, 0.4) is 0 Å². The predicted octanol–water partition coefficient (Wildman–Crippen LogP) is 4.62. The van der Waals surface area contributed by atoms with E-state index in [-0.39, 0.29) is 12.3 Å². The number of hydrogen-bond acceptors (Lipinski definition) is 3. The van der Waals surface area contributed by atoms with Crippen LogP contribution in [0.5, 0.6) is 0 Å². The van der Waals surface area contributed by atoms with Crippen molar-refractivity contribution in [1.29, 1.82) is 0 Å². The SMILES string of the molecule is NC(Cc1ccc(C(=O)NCC(c2ccc(-c3ccccc3)cc2)C2CCC2)cc1)C(=O)O. The van der Waals surface area contributed by atoms with Crippen LogP contribution in [0.1, 0.15) is 46.7 Å². The van der Waals surface area contributed by atoms with E-state index < -0.39 is 12.0 Å². The molecule has 170 valence electrons. The van der Waals surface area contributed by atoms with Crippen molar-refractivity contribution in [2.24, 2.45) is 11.7 Å². The lowest BCUT2D eigenvalue weighted by Crippen LogP contribution is -2.34. The van der Waals surface area contributed by atoms with E-state index in [1.54, 1.807) is 24.3 Å². The number of nitrogens with one attached hydrogen (secondary N) is 1. The van der Waals surface area contributed by atoms with Crippen LogP contribution in [0, 0.1) is 5.92 Å². The summed E-state index contributed by atoms with van der Waals surface area (Å²) in [4.78, 5) is 23.7. The summed E-state index contributed by atoms with van der Waals surface area (Å²) >= 11 is 0. The molecule has 1 amide bonds. The maximum Gasteiger partial charge on any atom is 0.320 e. The van der Waals surface area contributed by atoms with Crippen molar-refractivity contribution in [2.75, 3.05) is 6.54 Å². The molecule has 1 aliphatic rings. The standard InChI is InChI=1S/C28H30N2O3/c29-26(28(32)33)17-19-9-11-24(12-10-19)27(31)30-18-25(22-7-4-8-22)23-15-13-21(14-16-23)20-5-2-1-3-6-20/h1-3,5-6,9-16,22,25-26H,4,7-8,17-18,29H2,(H,30,31)(H,32,33). The van der Waals surface area contributed by atoms with E-state index in [1.807, 2.05) is 18.2 Å². The zero-order chi connectivity index (χ0) is 23.2. The van der Waals surface area contributed by atoms with Crippen LogP contribution in [-0.4, -0.2) is 29.6 Å². The Morgan fingerprint density at radius 2 is 1.55 bits per heavy atom. The fourth-order valence-corrected chi connectivity index (χ4v) is 4.39. The van der Waals surface area contributed by atoms with Crippen LogP contribution in [-0.2, 0) is 11.2 Å². The molecule has 4 rings (SSSR count). The average Bonchev–Trinajstić information content (AvgIpc) is 2.81. The van der Waals surface area contributed by atoms with Crippen molar-refractivity contribution < 1.29 is 14.7 Å². The van der Waals surface area contributed by atoms with Gasteiger partial charge in [-0.1, -0.05) is 73.2 Å². The number of amides is 1. The lowest BCUT2D eigenvalue weighted by molar-refractivity contribution is -0.138. The van der Waals surface area contributed by atoms with Crippen LogP contribution >= 0.6 is 0 Å². The van der Waals surface area contributed by atoms with Gasteiger partial charge in [-0.3, -0.25) is 9.59 Å². The van der Waals surface area contributed by atoms with Gasteiger partial charge >= 0.3 is 5.97 Å². The molecule has 3 aromatic rings. The highest BCUT2D eigenvalue weighted by atomic mass is 16.4. The molecule has 2 atom stereocenters. The third-order valence-corrected chi connectivity index (χ3v) is 6.64. The van der Waals surface area contributed by atoms with Gasteiger partial charge in [-0.2, -0.15) is 0 Å². The van der Waals surface area contributed by atoms with E-state index in [2.05, 4.69) is 41.7 Å². The summed E-state index contributed by atoms with van der Waals surface area (Å²) < 4.78 is 0. The minimum Gasteiger partial charge on any atom is -0.480 e. The van der Waals surface area contributed by atoms with Crippen molar-refractivity contribution in [2.45, 2.75) is 37.6 Å². The Morgan fingerprint density at radius 3 is 2.12 bits per heavy atom. The van der Waals surface area contributed by atoms with Crippen molar-refractivity contribution in [3.05, 3.63) is 95.6 Å². The van der Waals surface area contributed by atoms with Gasteiger partial charge in [0.2, 0.25) is 0 Å². The van der Waals surface area contributed by atoms with Gasteiger partial charge in [-0.05, 0) is 59.6 Å². The molecule has 1 saturated carbocycles. The van der Waals surface area contributed by atoms with Gasteiger partial charge in [0.15, 0.2) is 0 Å². The van der Waals surface area contributed by atoms with E-state index >= 15 is 0 Å². The number of carbonyl (C=O) groups is 2. The number of hydrogen-bond donors (Lipinski definition) is 3. The first-order valence-corrected chi connectivity index (χ1v) is 11.5. The number of carboxylic acids is 1. The highest BCUT2D eigenvalue weighted by Gasteiger charge is 2.29. The van der Waals surface area contributed by atoms with E-state index in [9.17, 15) is 9.59 Å². The third-order valence-electron chi connectivity index (χ3n) is 6.64. The molecular formula is C28H30N2O3. The zero-order valence-corrected chi connectivity index (χ0v) is 18.6. The predicted molar refractivity (Wildman–Crippen MR) is 130 cm³/mol. The number of nitrogens with two attached hydrogens (primary N) is 1. The maximum atomic E-state index is 12.8. The van der Waals surface area contributed by atoms with E-state index in [1.165, 1.54) is 36.0 Å². The average molecular weight is 443 g/mol. The molecule has 0 saturated heterocycles. The van der Waals surface area contributed by atoms with E-state index in [0.29, 0.717) is 23.9 Å². The Morgan fingerprint density at radius 1 is 0.909 bits per heavy atom. The fourth-order valence-electron chi connectivity index (χ4n) is 4.39. The summed E-state index contributed by atoms with van der Waals surface area (Å²) in [5.41, 5.74) is 10.6. The highest BCUT2D eigenvalue weighted by molar-refractivity contribution is 5.94. The van der Waals surface area contributed by atoms with E-state index in [0.717, 1.165) is 5.56 Å². The van der Waals surface area contributed by atoms with Gasteiger partial charge in [0, 0.05) is 18.0 Å². The van der Waals surface area contributed by atoms with Crippen molar-refractivity contribution in [1.82, 2.24) is 5.32 Å². The van der Waals surface area contributed by atoms with Crippen LogP contribution in [0.4, 0.5) is 0 Å². The lowest BCUT2D eigenvalue weighted by Gasteiger charge is -2.34. The summed E-state index contributed by atoms with van der Waals surface area (Å²) in [7, 11) is 0. The molecular weight excluding hydrogens is 412 g/mol. The number of carbonyl (C=O) groups excluding carboxylic acids is 1. The second kappa shape index (κ2) is 10.5. The third kappa shape index (κ3) is 5.68. The minimum atomic E-state index is -1.03. The summed E-state index contributed by atoms with van der Waals surface area (Å²) in [6, 6.07) is 25.1.